The highest BCUT2D eigenvalue weighted by Gasteiger charge is 2.38. The van der Waals surface area contributed by atoms with Crippen LogP contribution in [0.5, 0.6) is 5.75 Å². The maximum Gasteiger partial charge on any atom is 0.419 e. The van der Waals surface area contributed by atoms with Crippen LogP contribution in [0, 0.1) is 5.92 Å². The number of carbonyl (C=O) groups is 2. The number of aliphatic hydroxyl groups is 1. The van der Waals surface area contributed by atoms with Crippen LogP contribution in [0.15, 0.2) is 40.7 Å². The van der Waals surface area contributed by atoms with E-state index in [2.05, 4.69) is 10.2 Å². The van der Waals surface area contributed by atoms with Crippen molar-refractivity contribution in [3.8, 4) is 5.75 Å². The quantitative estimate of drug-likeness (QED) is 0.124. The Morgan fingerprint density at radius 1 is 0.962 bits per heavy atom. The molecule has 3 rings (SSSR count). The molecule has 0 bridgehead atoms. The number of esters is 1. The Morgan fingerprint density at radius 3 is 2.04 bits per heavy atom. The van der Waals surface area contributed by atoms with E-state index < -0.39 is 23.4 Å². The number of ether oxygens (including phenoxy) is 3. The van der Waals surface area contributed by atoms with Gasteiger partial charge in [-0.25, -0.2) is 4.79 Å². The fraction of sp³-hybridized carbons (Fsp3) is 0.683. The van der Waals surface area contributed by atoms with Crippen LogP contribution in [0.3, 0.4) is 0 Å². The van der Waals surface area contributed by atoms with Gasteiger partial charge in [0, 0.05) is 31.4 Å². The molecule has 0 spiro atoms. The Kier molecular flexibility index (Phi) is 19.7. The monoisotopic (exact) mass is 753 g/mol. The fourth-order valence-electron chi connectivity index (χ4n) is 5.79. The molecule has 12 heteroatoms. The molecule has 0 radical (unpaired) electrons. The van der Waals surface area contributed by atoms with Crippen LogP contribution in [-0.2, 0) is 20.4 Å². The first-order valence-electron chi connectivity index (χ1n) is 19.0. The van der Waals surface area contributed by atoms with Crippen molar-refractivity contribution in [3.63, 3.8) is 0 Å². The average Bonchev–Trinajstić information content (AvgIpc) is 3.48. The topological polar surface area (TPSA) is 110 Å². The highest BCUT2D eigenvalue weighted by molar-refractivity contribution is 5.97. The van der Waals surface area contributed by atoms with Crippen molar-refractivity contribution in [2.45, 2.75) is 158 Å². The van der Waals surface area contributed by atoms with E-state index in [1.165, 1.54) is 13.0 Å². The summed E-state index contributed by atoms with van der Waals surface area (Å²) in [6.45, 7) is 23.0. The average molecular weight is 754 g/mol. The zero-order valence-electron chi connectivity index (χ0n) is 34.3. The molecule has 1 aliphatic carbocycles. The fourth-order valence-corrected chi connectivity index (χ4v) is 5.79. The van der Waals surface area contributed by atoms with Crippen molar-refractivity contribution in [3.05, 3.63) is 46.8 Å². The van der Waals surface area contributed by atoms with E-state index in [4.69, 9.17) is 24.3 Å². The second-order valence-corrected chi connectivity index (χ2v) is 15.2. The molecule has 9 nitrogen and oxygen atoms in total. The zero-order valence-corrected chi connectivity index (χ0v) is 34.3. The van der Waals surface area contributed by atoms with Crippen LogP contribution in [0.1, 0.15) is 146 Å². The number of allylic oxidation sites excluding steroid dienone is 2. The maximum atomic E-state index is 14.1. The van der Waals surface area contributed by atoms with Crippen LogP contribution in [-0.4, -0.2) is 64.8 Å². The van der Waals surface area contributed by atoms with Gasteiger partial charge in [0.1, 0.15) is 22.8 Å². The number of aliphatic imine (C=N–C) groups is 1. The van der Waals surface area contributed by atoms with Gasteiger partial charge in [0.15, 0.2) is 0 Å². The standard InChI is InChI=1S/C33H48F3N3O4.C6H12O2.C2H6/c1-7-12-26(24-16-17-28(42-20-9-8-19-40)25(21-24)33(34,35)36)37-29(23-13-10-14-23)27-15-11-18-39(27)30(22(2)3)38-31(41)43-32(4,5)6;1-5(7)8-6(2,3)4;1-2/h12,16-17,21,23,27,40H,7-11,13-15,18-20H2,1-6H3,(H,38,41);1-4H3;1-2H3/b26-12-,37-29?;;. The number of hydrogen-bond donors (Lipinski definition) is 2. The van der Waals surface area contributed by atoms with E-state index in [-0.39, 0.29) is 42.5 Å². The Labute approximate surface area is 316 Å². The molecule has 1 amide bonds. The van der Waals surface area contributed by atoms with Crippen LogP contribution in [0.2, 0.25) is 0 Å². The summed E-state index contributed by atoms with van der Waals surface area (Å²) >= 11 is 0. The highest BCUT2D eigenvalue weighted by Crippen LogP contribution is 2.40. The Bertz CT molecular complexity index is 1400. The van der Waals surface area contributed by atoms with Crippen molar-refractivity contribution in [2.24, 2.45) is 10.9 Å². The molecule has 1 heterocycles. The first-order chi connectivity index (χ1) is 24.7. The van der Waals surface area contributed by atoms with Gasteiger partial charge in [-0.2, -0.15) is 13.2 Å². The van der Waals surface area contributed by atoms with Crippen molar-refractivity contribution in [1.82, 2.24) is 10.2 Å². The van der Waals surface area contributed by atoms with Gasteiger partial charge < -0.3 is 24.2 Å². The molecule has 1 saturated carbocycles. The molecule has 0 aromatic heterocycles. The molecule has 1 atom stereocenters. The highest BCUT2D eigenvalue weighted by atomic mass is 19.4. The van der Waals surface area contributed by atoms with Crippen molar-refractivity contribution < 1.29 is 42.1 Å². The van der Waals surface area contributed by atoms with Gasteiger partial charge in [0.25, 0.3) is 0 Å². The van der Waals surface area contributed by atoms with Gasteiger partial charge in [-0.1, -0.05) is 33.3 Å². The number of hydrogen-bond acceptors (Lipinski definition) is 8. The number of amides is 1. The Balaban J connectivity index is 0.00000124. The van der Waals surface area contributed by atoms with E-state index in [0.29, 0.717) is 36.3 Å². The molecule has 1 unspecified atom stereocenters. The lowest BCUT2D eigenvalue weighted by Crippen LogP contribution is -2.46. The number of likely N-dealkylation sites (tertiary alicyclic amines) is 1. The van der Waals surface area contributed by atoms with Gasteiger partial charge in [0.05, 0.1) is 23.9 Å². The predicted octanol–water partition coefficient (Wildman–Crippen LogP) is 10.5. The molecule has 1 aromatic carbocycles. The summed E-state index contributed by atoms with van der Waals surface area (Å²) in [5, 5.41) is 11.9. The van der Waals surface area contributed by atoms with Crippen molar-refractivity contribution >= 4 is 23.5 Å². The number of benzene rings is 1. The van der Waals surface area contributed by atoms with Crippen LogP contribution in [0.25, 0.3) is 5.70 Å². The number of alkyl carbamates (subject to hydrolysis) is 1. The molecule has 1 aromatic rings. The second kappa shape index (κ2) is 22.0. The van der Waals surface area contributed by atoms with Gasteiger partial charge in [-0.05, 0) is 130 Å². The number of halogens is 3. The van der Waals surface area contributed by atoms with E-state index in [1.54, 1.807) is 6.07 Å². The maximum absolute atomic E-state index is 14.1. The van der Waals surface area contributed by atoms with E-state index in [0.717, 1.165) is 56.0 Å². The lowest BCUT2D eigenvalue weighted by molar-refractivity contribution is -0.152. The molecule has 2 fully saturated rings. The van der Waals surface area contributed by atoms with Crippen molar-refractivity contribution in [2.75, 3.05) is 19.8 Å². The second-order valence-electron chi connectivity index (χ2n) is 15.2. The molecule has 1 saturated heterocycles. The predicted molar refractivity (Wildman–Crippen MR) is 207 cm³/mol. The van der Waals surface area contributed by atoms with Crippen molar-refractivity contribution in [1.29, 1.82) is 0 Å². The summed E-state index contributed by atoms with van der Waals surface area (Å²) in [6, 6.07) is 4.04. The minimum atomic E-state index is -4.60. The minimum Gasteiger partial charge on any atom is -0.493 e. The molecule has 1 aliphatic heterocycles. The number of carbonyl (C=O) groups excluding carboxylic acids is 2. The van der Waals surface area contributed by atoms with Gasteiger partial charge in [-0.15, -0.1) is 0 Å². The van der Waals surface area contributed by atoms with Crippen LogP contribution in [0.4, 0.5) is 18.0 Å². The molecule has 2 N–H and O–H groups in total. The minimum absolute atomic E-state index is 0.0362. The Hall–Kier alpha value is -3.54. The smallest absolute Gasteiger partial charge is 0.419 e. The zero-order chi connectivity index (χ0) is 40.6. The molecular weight excluding hydrogens is 687 g/mol. The number of unbranched alkanes of at least 4 members (excludes halogenated alkanes) is 1. The lowest BCUT2D eigenvalue weighted by Gasteiger charge is -2.37. The van der Waals surface area contributed by atoms with Crippen LogP contribution < -0.4 is 10.1 Å². The largest absolute Gasteiger partial charge is 0.493 e. The molecule has 302 valence electrons. The first kappa shape index (κ1) is 47.5. The van der Waals surface area contributed by atoms with Gasteiger partial charge in [0.2, 0.25) is 0 Å². The molecular formula is C41H66F3N3O6. The normalized spacial score (nSPS) is 16.7. The number of nitrogens with zero attached hydrogens (tertiary/aromatic N) is 2. The summed E-state index contributed by atoms with van der Waals surface area (Å²) in [4.78, 5) is 30.3. The number of rotatable bonds is 12. The van der Waals surface area contributed by atoms with Crippen LogP contribution >= 0.6 is 0 Å². The number of alkyl halides is 3. The molecule has 2 aliphatic rings. The summed E-state index contributed by atoms with van der Waals surface area (Å²) in [5.41, 5.74) is 0.957. The summed E-state index contributed by atoms with van der Waals surface area (Å²) in [7, 11) is 0. The summed E-state index contributed by atoms with van der Waals surface area (Å²) in [6.07, 6.45) is 3.02. The van der Waals surface area contributed by atoms with Gasteiger partial charge in [-0.3, -0.25) is 15.1 Å². The third-order valence-corrected chi connectivity index (χ3v) is 7.99. The summed E-state index contributed by atoms with van der Waals surface area (Å²) < 4.78 is 58.2. The number of nitrogens with one attached hydrogen (secondary N) is 1. The Morgan fingerprint density at radius 2 is 1.58 bits per heavy atom. The SMILES string of the molecule is CC.CC(=O)OC(C)(C)C.CC/C=C(\N=C(C1CCC1)C1CCCN1C(NC(=O)OC(C)(C)C)=C(C)C)c1ccc(OCCCCO)c(C(F)(F)F)c1. The third kappa shape index (κ3) is 17.0. The summed E-state index contributed by atoms with van der Waals surface area (Å²) in [5.74, 6) is 0.461. The molecule has 53 heavy (non-hydrogen) atoms. The van der Waals surface area contributed by atoms with E-state index >= 15 is 0 Å². The third-order valence-electron chi connectivity index (χ3n) is 7.99. The van der Waals surface area contributed by atoms with E-state index in [9.17, 15) is 22.8 Å². The first-order valence-corrected chi connectivity index (χ1v) is 19.0. The number of aliphatic hydroxyl groups excluding tert-OH is 1. The lowest BCUT2D eigenvalue weighted by atomic mass is 9.78. The van der Waals surface area contributed by atoms with Gasteiger partial charge >= 0.3 is 18.2 Å². The van der Waals surface area contributed by atoms with E-state index in [1.807, 2.05) is 82.2 Å².